The number of hydrogen-bond donors (Lipinski definition) is 4. The van der Waals surface area contributed by atoms with Gasteiger partial charge in [-0.15, -0.1) is 0 Å². The van der Waals surface area contributed by atoms with Gasteiger partial charge < -0.3 is 20.8 Å². The van der Waals surface area contributed by atoms with E-state index in [2.05, 4.69) is 10.6 Å². The number of aromatic carboxylic acids is 2. The standard InChI is InChI=1S/C14H10O4.2C12H23N/c15-13(16)11-7-3-1-5-9(11)10-6-2-4-8-12(10)14(17)18;2*1-3-7-11(8-4-1)13-12-9-5-2-6-10-12/h1-8H,(H,15,16)(H,17,18);2*11-13H,1-10H2. The minimum atomic E-state index is -1.08. The minimum Gasteiger partial charge on any atom is -0.478 e. The summed E-state index contributed by atoms with van der Waals surface area (Å²) in [7, 11) is 0. The van der Waals surface area contributed by atoms with Crippen LogP contribution < -0.4 is 10.6 Å². The highest BCUT2D eigenvalue weighted by molar-refractivity contribution is 6.02. The molecule has 0 saturated heterocycles. The Balaban J connectivity index is 0.000000154. The maximum Gasteiger partial charge on any atom is 0.336 e. The molecule has 242 valence electrons. The SMILES string of the molecule is C1CCC(NC2CCCCC2)CC1.C1CCC(NC2CCCCC2)CC1.O=C(O)c1ccccc1-c1ccccc1C(=O)O. The first-order valence-electron chi connectivity index (χ1n) is 17.7. The average molecular weight is 605 g/mol. The van der Waals surface area contributed by atoms with Crippen LogP contribution in [0.3, 0.4) is 0 Å². The molecule has 44 heavy (non-hydrogen) atoms. The Hall–Kier alpha value is -2.70. The van der Waals surface area contributed by atoms with E-state index in [0.717, 1.165) is 24.2 Å². The molecular formula is C38H56N2O4. The molecule has 0 bridgehead atoms. The lowest BCUT2D eigenvalue weighted by molar-refractivity contribution is 0.0684. The molecule has 4 aliphatic rings. The Kier molecular flexibility index (Phi) is 14.7. The van der Waals surface area contributed by atoms with Crippen LogP contribution in [-0.2, 0) is 0 Å². The minimum absolute atomic E-state index is 0.0891. The fourth-order valence-electron chi connectivity index (χ4n) is 7.55. The summed E-state index contributed by atoms with van der Waals surface area (Å²) in [6.07, 6.45) is 29.1. The molecule has 6 heteroatoms. The van der Waals surface area contributed by atoms with Gasteiger partial charge in [0.15, 0.2) is 0 Å². The summed E-state index contributed by atoms with van der Waals surface area (Å²) in [5.41, 5.74) is 0.989. The molecule has 0 amide bonds. The van der Waals surface area contributed by atoms with Crippen molar-refractivity contribution in [3.8, 4) is 11.1 Å². The second kappa shape index (κ2) is 19.0. The number of carboxylic acids is 2. The summed E-state index contributed by atoms with van der Waals surface area (Å²) in [4.78, 5) is 22.3. The normalized spacial score (nSPS) is 20.5. The number of nitrogens with one attached hydrogen (secondary N) is 2. The average Bonchev–Trinajstić information content (AvgIpc) is 3.07. The highest BCUT2D eigenvalue weighted by Crippen LogP contribution is 2.27. The number of carboxylic acid groups (broad SMARTS) is 2. The first-order valence-corrected chi connectivity index (χ1v) is 17.7. The lowest BCUT2D eigenvalue weighted by Gasteiger charge is -2.30. The van der Waals surface area contributed by atoms with Gasteiger partial charge in [0.2, 0.25) is 0 Å². The lowest BCUT2D eigenvalue weighted by atomic mass is 9.91. The summed E-state index contributed by atoms with van der Waals surface area (Å²) in [6, 6.07) is 16.2. The van der Waals surface area contributed by atoms with Crippen molar-refractivity contribution >= 4 is 11.9 Å². The summed E-state index contributed by atoms with van der Waals surface area (Å²) >= 11 is 0. The third-order valence-corrected chi connectivity index (χ3v) is 9.97. The smallest absolute Gasteiger partial charge is 0.336 e. The van der Waals surface area contributed by atoms with Crippen LogP contribution >= 0.6 is 0 Å². The Morgan fingerprint density at radius 2 is 0.682 bits per heavy atom. The van der Waals surface area contributed by atoms with Gasteiger partial charge in [-0.05, 0) is 74.6 Å². The van der Waals surface area contributed by atoms with Crippen molar-refractivity contribution in [2.75, 3.05) is 0 Å². The van der Waals surface area contributed by atoms with E-state index >= 15 is 0 Å². The van der Waals surface area contributed by atoms with Crippen LogP contribution in [0.4, 0.5) is 0 Å². The molecule has 2 aromatic carbocycles. The second-order valence-electron chi connectivity index (χ2n) is 13.4. The molecule has 0 radical (unpaired) electrons. The molecule has 0 atom stereocenters. The molecule has 4 fully saturated rings. The zero-order valence-corrected chi connectivity index (χ0v) is 26.8. The van der Waals surface area contributed by atoms with E-state index in [4.69, 9.17) is 10.2 Å². The van der Waals surface area contributed by atoms with Crippen molar-refractivity contribution in [1.82, 2.24) is 10.6 Å². The largest absolute Gasteiger partial charge is 0.478 e. The number of benzene rings is 2. The third-order valence-electron chi connectivity index (χ3n) is 9.97. The van der Waals surface area contributed by atoms with Crippen molar-refractivity contribution in [3.05, 3.63) is 59.7 Å². The summed E-state index contributed by atoms with van der Waals surface area (Å²) in [5.74, 6) is -2.16. The van der Waals surface area contributed by atoms with E-state index in [1.807, 2.05) is 0 Å². The van der Waals surface area contributed by atoms with Crippen molar-refractivity contribution in [1.29, 1.82) is 0 Å². The molecule has 4 aliphatic carbocycles. The number of carbonyl (C=O) groups is 2. The zero-order valence-electron chi connectivity index (χ0n) is 26.8. The molecule has 4 saturated carbocycles. The Morgan fingerprint density at radius 1 is 0.432 bits per heavy atom. The van der Waals surface area contributed by atoms with Crippen LogP contribution in [0.25, 0.3) is 11.1 Å². The highest BCUT2D eigenvalue weighted by Gasteiger charge is 2.21. The predicted octanol–water partition coefficient (Wildman–Crippen LogP) is 9.23. The Labute approximate surface area is 265 Å². The molecular weight excluding hydrogens is 548 g/mol. The van der Waals surface area contributed by atoms with Gasteiger partial charge in [0.25, 0.3) is 0 Å². The van der Waals surface area contributed by atoms with Crippen LogP contribution in [-0.4, -0.2) is 46.3 Å². The van der Waals surface area contributed by atoms with Crippen LogP contribution in [0.5, 0.6) is 0 Å². The molecule has 6 nitrogen and oxygen atoms in total. The van der Waals surface area contributed by atoms with E-state index in [1.54, 1.807) is 36.4 Å². The van der Waals surface area contributed by atoms with Gasteiger partial charge in [-0.2, -0.15) is 0 Å². The Morgan fingerprint density at radius 3 is 0.932 bits per heavy atom. The zero-order chi connectivity index (χ0) is 31.0. The van der Waals surface area contributed by atoms with Gasteiger partial charge in [-0.1, -0.05) is 113 Å². The summed E-state index contributed by atoms with van der Waals surface area (Å²) in [6.45, 7) is 0. The maximum absolute atomic E-state index is 11.1. The molecule has 0 unspecified atom stereocenters. The number of rotatable bonds is 7. The molecule has 0 aromatic heterocycles. The van der Waals surface area contributed by atoms with Crippen LogP contribution in [0.2, 0.25) is 0 Å². The topological polar surface area (TPSA) is 98.7 Å². The van der Waals surface area contributed by atoms with Crippen LogP contribution in [0.1, 0.15) is 149 Å². The van der Waals surface area contributed by atoms with E-state index in [1.165, 1.54) is 141 Å². The molecule has 0 spiro atoms. The van der Waals surface area contributed by atoms with E-state index < -0.39 is 11.9 Å². The van der Waals surface area contributed by atoms with Crippen molar-refractivity contribution in [3.63, 3.8) is 0 Å². The maximum atomic E-state index is 11.1. The highest BCUT2D eigenvalue weighted by atomic mass is 16.4. The fourth-order valence-corrected chi connectivity index (χ4v) is 7.55. The fraction of sp³-hybridized carbons (Fsp3) is 0.632. The number of hydrogen-bond acceptors (Lipinski definition) is 4. The first kappa shape index (κ1) is 34.2. The van der Waals surface area contributed by atoms with E-state index in [-0.39, 0.29) is 11.1 Å². The van der Waals surface area contributed by atoms with Gasteiger partial charge in [0, 0.05) is 24.2 Å². The van der Waals surface area contributed by atoms with Gasteiger partial charge in [0.1, 0.15) is 0 Å². The second-order valence-corrected chi connectivity index (χ2v) is 13.4. The van der Waals surface area contributed by atoms with Crippen molar-refractivity contribution in [2.45, 2.75) is 153 Å². The van der Waals surface area contributed by atoms with Crippen LogP contribution in [0, 0.1) is 0 Å². The van der Waals surface area contributed by atoms with Gasteiger partial charge in [0.05, 0.1) is 11.1 Å². The molecule has 0 aliphatic heterocycles. The van der Waals surface area contributed by atoms with Gasteiger partial charge in [-0.25, -0.2) is 9.59 Å². The van der Waals surface area contributed by atoms with Gasteiger partial charge in [-0.3, -0.25) is 0 Å². The van der Waals surface area contributed by atoms with Crippen molar-refractivity contribution in [2.24, 2.45) is 0 Å². The summed E-state index contributed by atoms with van der Waals surface area (Å²) in [5, 5.41) is 25.9. The van der Waals surface area contributed by atoms with E-state index in [9.17, 15) is 9.59 Å². The molecule has 2 aromatic rings. The monoisotopic (exact) mass is 604 g/mol. The lowest BCUT2D eigenvalue weighted by Crippen LogP contribution is -2.40. The predicted molar refractivity (Wildman–Crippen MR) is 180 cm³/mol. The first-order chi connectivity index (χ1) is 21.5. The molecule has 4 N–H and O–H groups in total. The molecule has 6 rings (SSSR count). The Bertz CT molecular complexity index is 1010. The van der Waals surface area contributed by atoms with Gasteiger partial charge >= 0.3 is 11.9 Å². The summed E-state index contributed by atoms with van der Waals surface area (Å²) < 4.78 is 0. The quantitative estimate of drug-likeness (QED) is 0.251. The van der Waals surface area contributed by atoms with Crippen molar-refractivity contribution < 1.29 is 19.8 Å². The van der Waals surface area contributed by atoms with E-state index in [0.29, 0.717) is 11.1 Å². The molecule has 0 heterocycles. The van der Waals surface area contributed by atoms with Crippen LogP contribution in [0.15, 0.2) is 48.5 Å². The third kappa shape index (κ3) is 11.3.